The highest BCUT2D eigenvalue weighted by atomic mass is 19.1. The number of halogens is 1. The van der Waals surface area contributed by atoms with Crippen LogP contribution in [-0.2, 0) is 9.57 Å². The third-order valence-electron chi connectivity index (χ3n) is 2.83. The number of hydrogen-bond acceptors (Lipinski definition) is 4. The molecule has 2 rings (SSSR count). The number of nitrogens with two attached hydrogens (primary N) is 1. The summed E-state index contributed by atoms with van der Waals surface area (Å²) in [7, 11) is 0. The highest BCUT2D eigenvalue weighted by Gasteiger charge is 2.26. The Kier molecular flexibility index (Phi) is 4.08. The maximum Gasteiger partial charge on any atom is 0.146 e. The largest absolute Gasteiger partial charge is 0.396 e. The van der Waals surface area contributed by atoms with Gasteiger partial charge in [0.15, 0.2) is 0 Å². The SMILES string of the molecule is CC(C)(C)ON1CCOC(c2ccc(N)c(F)c2)C1. The van der Waals surface area contributed by atoms with Gasteiger partial charge in [0, 0.05) is 6.54 Å². The van der Waals surface area contributed by atoms with Crippen LogP contribution >= 0.6 is 0 Å². The molecule has 1 atom stereocenters. The van der Waals surface area contributed by atoms with Gasteiger partial charge in [-0.15, -0.1) is 0 Å². The van der Waals surface area contributed by atoms with Gasteiger partial charge >= 0.3 is 0 Å². The standard InChI is InChI=1S/C14H21FN2O2/c1-14(2,3)19-17-6-7-18-13(9-17)10-4-5-12(16)11(15)8-10/h4-5,8,13H,6-7,9,16H2,1-3H3. The number of morpholine rings is 1. The van der Waals surface area contributed by atoms with Crippen LogP contribution in [0.4, 0.5) is 10.1 Å². The molecule has 1 heterocycles. The second-order valence-corrected chi connectivity index (χ2v) is 5.73. The van der Waals surface area contributed by atoms with Gasteiger partial charge in [0.2, 0.25) is 0 Å². The lowest BCUT2D eigenvalue weighted by Gasteiger charge is -2.36. The number of hydrogen-bond donors (Lipinski definition) is 1. The summed E-state index contributed by atoms with van der Waals surface area (Å²) >= 11 is 0. The van der Waals surface area contributed by atoms with Crippen LogP contribution in [0.2, 0.25) is 0 Å². The fourth-order valence-corrected chi connectivity index (χ4v) is 2.04. The molecule has 106 valence electrons. The van der Waals surface area contributed by atoms with Crippen LogP contribution in [-0.4, -0.2) is 30.4 Å². The Balaban J connectivity index is 2.06. The van der Waals surface area contributed by atoms with Gasteiger partial charge in [-0.1, -0.05) is 6.07 Å². The smallest absolute Gasteiger partial charge is 0.146 e. The summed E-state index contributed by atoms with van der Waals surface area (Å²) < 4.78 is 19.2. The second kappa shape index (κ2) is 5.45. The number of rotatable bonds is 2. The van der Waals surface area contributed by atoms with E-state index in [1.54, 1.807) is 12.1 Å². The van der Waals surface area contributed by atoms with Gasteiger partial charge in [-0.05, 0) is 38.5 Å². The van der Waals surface area contributed by atoms with Crippen molar-refractivity contribution in [1.29, 1.82) is 0 Å². The minimum atomic E-state index is -0.407. The van der Waals surface area contributed by atoms with Crippen molar-refractivity contribution < 1.29 is 14.0 Å². The van der Waals surface area contributed by atoms with Crippen molar-refractivity contribution in [2.24, 2.45) is 0 Å². The number of anilines is 1. The zero-order valence-electron chi connectivity index (χ0n) is 11.6. The van der Waals surface area contributed by atoms with E-state index in [4.69, 9.17) is 15.3 Å². The number of ether oxygens (including phenoxy) is 1. The van der Waals surface area contributed by atoms with E-state index in [-0.39, 0.29) is 17.4 Å². The highest BCUT2D eigenvalue weighted by Crippen LogP contribution is 2.26. The van der Waals surface area contributed by atoms with Crippen molar-refractivity contribution in [1.82, 2.24) is 5.06 Å². The molecule has 0 radical (unpaired) electrons. The fraction of sp³-hybridized carbons (Fsp3) is 0.571. The van der Waals surface area contributed by atoms with Crippen molar-refractivity contribution in [2.75, 3.05) is 25.4 Å². The summed E-state index contributed by atoms with van der Waals surface area (Å²) in [5, 5.41) is 1.88. The van der Waals surface area contributed by atoms with E-state index >= 15 is 0 Å². The molecular formula is C14H21FN2O2. The molecule has 1 unspecified atom stereocenters. The number of nitrogens with zero attached hydrogens (tertiary/aromatic N) is 1. The van der Waals surface area contributed by atoms with Gasteiger partial charge in [0.05, 0.1) is 30.5 Å². The van der Waals surface area contributed by atoms with Crippen LogP contribution in [0.25, 0.3) is 0 Å². The average molecular weight is 268 g/mol. The van der Waals surface area contributed by atoms with Crippen LogP contribution in [0.5, 0.6) is 0 Å². The summed E-state index contributed by atoms with van der Waals surface area (Å²) in [4.78, 5) is 5.82. The van der Waals surface area contributed by atoms with E-state index in [2.05, 4.69) is 0 Å². The molecule has 0 bridgehead atoms. The van der Waals surface area contributed by atoms with Crippen LogP contribution in [0.1, 0.15) is 32.4 Å². The maximum atomic E-state index is 13.5. The molecule has 19 heavy (non-hydrogen) atoms. The first-order valence-corrected chi connectivity index (χ1v) is 6.46. The number of hydroxylamine groups is 2. The van der Waals surface area contributed by atoms with E-state index in [0.29, 0.717) is 19.7 Å². The Hall–Kier alpha value is -1.17. The van der Waals surface area contributed by atoms with Gasteiger partial charge in [-0.2, -0.15) is 5.06 Å². The lowest BCUT2D eigenvalue weighted by atomic mass is 10.1. The van der Waals surface area contributed by atoms with E-state index in [0.717, 1.165) is 5.56 Å². The Morgan fingerprint density at radius 2 is 2.16 bits per heavy atom. The van der Waals surface area contributed by atoms with Gasteiger partial charge in [0.25, 0.3) is 0 Å². The van der Waals surface area contributed by atoms with Crippen LogP contribution in [0.15, 0.2) is 18.2 Å². The minimum Gasteiger partial charge on any atom is -0.396 e. The van der Waals surface area contributed by atoms with Crippen molar-refractivity contribution in [3.63, 3.8) is 0 Å². The molecule has 2 N–H and O–H groups in total. The number of nitrogen functional groups attached to an aromatic ring is 1. The van der Waals surface area contributed by atoms with Crippen LogP contribution < -0.4 is 5.73 Å². The predicted octanol–water partition coefficient (Wildman–Crippen LogP) is 2.51. The average Bonchev–Trinajstić information content (AvgIpc) is 2.31. The first-order chi connectivity index (χ1) is 8.85. The summed E-state index contributed by atoms with van der Waals surface area (Å²) in [5.41, 5.74) is 6.18. The molecule has 1 saturated heterocycles. The van der Waals surface area contributed by atoms with Gasteiger partial charge in [-0.25, -0.2) is 4.39 Å². The third kappa shape index (κ3) is 3.89. The predicted molar refractivity (Wildman–Crippen MR) is 71.9 cm³/mol. The summed E-state index contributed by atoms with van der Waals surface area (Å²) in [5.74, 6) is -0.407. The Bertz CT molecular complexity index is 446. The Morgan fingerprint density at radius 1 is 1.42 bits per heavy atom. The molecule has 1 aromatic rings. The van der Waals surface area contributed by atoms with Gasteiger partial charge in [-0.3, -0.25) is 4.84 Å². The molecule has 0 saturated carbocycles. The highest BCUT2D eigenvalue weighted by molar-refractivity contribution is 5.41. The van der Waals surface area contributed by atoms with E-state index < -0.39 is 5.82 Å². The van der Waals surface area contributed by atoms with Crippen molar-refractivity contribution in [3.05, 3.63) is 29.6 Å². The lowest BCUT2D eigenvalue weighted by molar-refractivity contribution is -0.263. The van der Waals surface area contributed by atoms with Crippen molar-refractivity contribution in [3.8, 4) is 0 Å². The second-order valence-electron chi connectivity index (χ2n) is 5.73. The van der Waals surface area contributed by atoms with E-state index in [1.807, 2.05) is 25.8 Å². The van der Waals surface area contributed by atoms with E-state index in [1.165, 1.54) is 6.07 Å². The molecule has 0 spiro atoms. The van der Waals surface area contributed by atoms with Crippen molar-refractivity contribution in [2.45, 2.75) is 32.5 Å². The monoisotopic (exact) mass is 268 g/mol. The third-order valence-corrected chi connectivity index (χ3v) is 2.83. The van der Waals surface area contributed by atoms with E-state index in [9.17, 15) is 4.39 Å². The lowest BCUT2D eigenvalue weighted by Crippen LogP contribution is -2.42. The zero-order valence-corrected chi connectivity index (χ0v) is 11.6. The maximum absolute atomic E-state index is 13.5. The zero-order chi connectivity index (χ0) is 14.0. The molecular weight excluding hydrogens is 247 g/mol. The molecule has 0 aromatic heterocycles. The Labute approximate surface area is 113 Å². The molecule has 0 aliphatic carbocycles. The summed E-state index contributed by atoms with van der Waals surface area (Å²) in [6.45, 7) is 7.86. The first-order valence-electron chi connectivity index (χ1n) is 6.46. The number of benzene rings is 1. The van der Waals surface area contributed by atoms with Gasteiger partial charge < -0.3 is 10.5 Å². The summed E-state index contributed by atoms with van der Waals surface area (Å²) in [6.07, 6.45) is -0.189. The topological polar surface area (TPSA) is 47.7 Å². The fourth-order valence-electron chi connectivity index (χ4n) is 2.04. The first kappa shape index (κ1) is 14.2. The molecule has 4 nitrogen and oxygen atoms in total. The van der Waals surface area contributed by atoms with Crippen LogP contribution in [0, 0.1) is 5.82 Å². The van der Waals surface area contributed by atoms with Gasteiger partial charge in [0.1, 0.15) is 5.82 Å². The molecule has 1 aliphatic heterocycles. The quantitative estimate of drug-likeness (QED) is 0.837. The molecule has 5 heteroatoms. The Morgan fingerprint density at radius 3 is 2.79 bits per heavy atom. The molecule has 1 aliphatic rings. The summed E-state index contributed by atoms with van der Waals surface area (Å²) in [6, 6.07) is 4.79. The minimum absolute atomic E-state index is 0.155. The van der Waals surface area contributed by atoms with Crippen LogP contribution in [0.3, 0.4) is 0 Å². The van der Waals surface area contributed by atoms with Crippen molar-refractivity contribution >= 4 is 5.69 Å². The molecule has 1 aromatic carbocycles. The molecule has 1 fully saturated rings. The normalized spacial score (nSPS) is 21.6. The molecule has 0 amide bonds.